The lowest BCUT2D eigenvalue weighted by Gasteiger charge is -2.09. The molecule has 0 aliphatic heterocycles. The molecule has 1 rings (SSSR count). The van der Waals surface area contributed by atoms with E-state index >= 15 is 0 Å². The summed E-state index contributed by atoms with van der Waals surface area (Å²) in [5.74, 6) is 0.794. The molecule has 16 heavy (non-hydrogen) atoms. The predicted octanol–water partition coefficient (Wildman–Crippen LogP) is 2.57. The van der Waals surface area contributed by atoms with Crippen LogP contribution in [-0.2, 0) is 5.75 Å². The fourth-order valence-corrected chi connectivity index (χ4v) is 2.28. The smallest absolute Gasteiger partial charge is 0.269 e. The van der Waals surface area contributed by atoms with E-state index in [-0.39, 0.29) is 10.6 Å². The molecule has 2 N–H and O–H groups in total. The van der Waals surface area contributed by atoms with Crippen molar-refractivity contribution in [3.63, 3.8) is 0 Å². The quantitative estimate of drug-likeness (QED) is 0.613. The van der Waals surface area contributed by atoms with E-state index in [1.54, 1.807) is 23.9 Å². The van der Waals surface area contributed by atoms with Crippen molar-refractivity contribution in [3.8, 4) is 0 Å². The van der Waals surface area contributed by atoms with E-state index in [1.807, 2.05) is 6.07 Å². The van der Waals surface area contributed by atoms with Gasteiger partial charge >= 0.3 is 0 Å². The number of rotatable bonds is 6. The Kier molecular flexibility index (Phi) is 5.28. The van der Waals surface area contributed by atoms with Gasteiger partial charge in [-0.3, -0.25) is 10.1 Å². The SMILES string of the molecule is CC(CCN)SCc1cccc([N+](=O)[O-])c1. The first-order valence-electron chi connectivity index (χ1n) is 5.18. The Hall–Kier alpha value is -1.07. The van der Waals surface area contributed by atoms with Gasteiger partial charge in [0.05, 0.1) is 4.92 Å². The minimum absolute atomic E-state index is 0.157. The number of nitro benzene ring substituents is 1. The Morgan fingerprint density at radius 2 is 2.31 bits per heavy atom. The van der Waals surface area contributed by atoms with Crippen LogP contribution in [0.4, 0.5) is 5.69 Å². The van der Waals surface area contributed by atoms with Gasteiger partial charge in [0.1, 0.15) is 0 Å². The largest absolute Gasteiger partial charge is 0.330 e. The van der Waals surface area contributed by atoms with Crippen molar-refractivity contribution in [2.24, 2.45) is 5.73 Å². The fourth-order valence-electron chi connectivity index (χ4n) is 1.32. The average Bonchev–Trinajstić information content (AvgIpc) is 2.27. The van der Waals surface area contributed by atoms with Gasteiger partial charge < -0.3 is 5.73 Å². The Bertz CT molecular complexity index is 358. The summed E-state index contributed by atoms with van der Waals surface area (Å²) in [6.45, 7) is 2.80. The summed E-state index contributed by atoms with van der Waals surface area (Å²) in [5.41, 5.74) is 6.61. The zero-order valence-electron chi connectivity index (χ0n) is 9.26. The molecular formula is C11H16N2O2S. The van der Waals surface area contributed by atoms with E-state index in [2.05, 4.69) is 6.92 Å². The van der Waals surface area contributed by atoms with Crippen molar-refractivity contribution in [2.45, 2.75) is 24.3 Å². The van der Waals surface area contributed by atoms with Crippen molar-refractivity contribution in [2.75, 3.05) is 6.54 Å². The Balaban J connectivity index is 2.54. The predicted molar refractivity (Wildman–Crippen MR) is 67.5 cm³/mol. The lowest BCUT2D eigenvalue weighted by Crippen LogP contribution is -2.07. The summed E-state index contributed by atoms with van der Waals surface area (Å²) < 4.78 is 0. The van der Waals surface area contributed by atoms with E-state index in [9.17, 15) is 10.1 Å². The van der Waals surface area contributed by atoms with Gasteiger partial charge in [-0.15, -0.1) is 0 Å². The number of non-ortho nitro benzene ring substituents is 1. The molecule has 88 valence electrons. The van der Waals surface area contributed by atoms with Crippen LogP contribution in [0, 0.1) is 10.1 Å². The molecule has 0 saturated carbocycles. The molecule has 4 nitrogen and oxygen atoms in total. The molecule has 0 bridgehead atoms. The lowest BCUT2D eigenvalue weighted by molar-refractivity contribution is -0.384. The highest BCUT2D eigenvalue weighted by atomic mass is 32.2. The molecule has 0 amide bonds. The maximum Gasteiger partial charge on any atom is 0.269 e. The van der Waals surface area contributed by atoms with Gasteiger partial charge in [0.25, 0.3) is 5.69 Å². The maximum atomic E-state index is 10.6. The third-order valence-electron chi connectivity index (χ3n) is 2.23. The van der Waals surface area contributed by atoms with Crippen LogP contribution in [0.5, 0.6) is 0 Å². The summed E-state index contributed by atoms with van der Waals surface area (Å²) >= 11 is 1.77. The van der Waals surface area contributed by atoms with E-state index in [0.29, 0.717) is 11.8 Å². The normalized spacial score (nSPS) is 12.4. The monoisotopic (exact) mass is 240 g/mol. The van der Waals surface area contributed by atoms with Gasteiger partial charge in [0.2, 0.25) is 0 Å². The highest BCUT2D eigenvalue weighted by molar-refractivity contribution is 7.99. The Morgan fingerprint density at radius 3 is 2.94 bits per heavy atom. The second kappa shape index (κ2) is 6.50. The number of benzene rings is 1. The molecule has 0 fully saturated rings. The molecule has 1 aromatic carbocycles. The highest BCUT2D eigenvalue weighted by Gasteiger charge is 2.07. The Labute approximate surface area is 99.4 Å². The molecule has 1 atom stereocenters. The van der Waals surface area contributed by atoms with E-state index < -0.39 is 0 Å². The minimum Gasteiger partial charge on any atom is -0.330 e. The fraction of sp³-hybridized carbons (Fsp3) is 0.455. The standard InChI is InChI=1S/C11H16N2O2S/c1-9(5-6-12)16-8-10-3-2-4-11(7-10)13(14)15/h2-4,7,9H,5-6,8,12H2,1H3. The minimum atomic E-state index is -0.364. The molecular weight excluding hydrogens is 224 g/mol. The highest BCUT2D eigenvalue weighted by Crippen LogP contribution is 2.22. The molecule has 0 saturated heterocycles. The second-order valence-electron chi connectivity index (χ2n) is 3.63. The Morgan fingerprint density at radius 1 is 1.56 bits per heavy atom. The molecule has 0 spiro atoms. The third kappa shape index (κ3) is 4.20. The molecule has 1 unspecified atom stereocenters. The van der Waals surface area contributed by atoms with Crippen LogP contribution in [0.25, 0.3) is 0 Å². The van der Waals surface area contributed by atoms with Crippen molar-refractivity contribution in [3.05, 3.63) is 39.9 Å². The molecule has 0 heterocycles. The average molecular weight is 240 g/mol. The molecule has 0 aliphatic rings. The topological polar surface area (TPSA) is 69.2 Å². The molecule has 1 aromatic rings. The third-order valence-corrected chi connectivity index (χ3v) is 3.53. The first kappa shape index (κ1) is 13.0. The molecule has 0 aromatic heterocycles. The van der Waals surface area contributed by atoms with Gasteiger partial charge in [0.15, 0.2) is 0 Å². The zero-order chi connectivity index (χ0) is 12.0. The van der Waals surface area contributed by atoms with Crippen LogP contribution >= 0.6 is 11.8 Å². The van der Waals surface area contributed by atoms with E-state index in [4.69, 9.17) is 5.73 Å². The first-order valence-corrected chi connectivity index (χ1v) is 6.23. The number of hydrogen-bond acceptors (Lipinski definition) is 4. The van der Waals surface area contributed by atoms with Crippen LogP contribution in [0.1, 0.15) is 18.9 Å². The number of nitrogens with two attached hydrogens (primary N) is 1. The van der Waals surface area contributed by atoms with Crippen LogP contribution < -0.4 is 5.73 Å². The van der Waals surface area contributed by atoms with Gasteiger partial charge in [-0.25, -0.2) is 0 Å². The lowest BCUT2D eigenvalue weighted by atomic mass is 10.2. The number of nitro groups is 1. The van der Waals surface area contributed by atoms with Gasteiger partial charge in [-0.05, 0) is 18.5 Å². The van der Waals surface area contributed by atoms with Crippen LogP contribution in [0.2, 0.25) is 0 Å². The van der Waals surface area contributed by atoms with Crippen LogP contribution in [-0.4, -0.2) is 16.7 Å². The molecule has 0 aliphatic carbocycles. The zero-order valence-corrected chi connectivity index (χ0v) is 10.1. The first-order chi connectivity index (χ1) is 7.63. The van der Waals surface area contributed by atoms with Crippen molar-refractivity contribution < 1.29 is 4.92 Å². The summed E-state index contributed by atoms with van der Waals surface area (Å²) in [6, 6.07) is 6.77. The van der Waals surface area contributed by atoms with Gasteiger partial charge in [-0.2, -0.15) is 11.8 Å². The number of hydrogen-bond donors (Lipinski definition) is 1. The van der Waals surface area contributed by atoms with Crippen LogP contribution in [0.3, 0.4) is 0 Å². The van der Waals surface area contributed by atoms with Crippen molar-refractivity contribution in [1.82, 2.24) is 0 Å². The van der Waals surface area contributed by atoms with Gasteiger partial charge in [-0.1, -0.05) is 19.1 Å². The van der Waals surface area contributed by atoms with E-state index in [1.165, 1.54) is 6.07 Å². The van der Waals surface area contributed by atoms with Crippen LogP contribution in [0.15, 0.2) is 24.3 Å². The molecule has 0 radical (unpaired) electrons. The number of nitrogens with zero attached hydrogens (tertiary/aromatic N) is 1. The molecule has 5 heteroatoms. The van der Waals surface area contributed by atoms with Gasteiger partial charge in [0, 0.05) is 23.1 Å². The van der Waals surface area contributed by atoms with Crippen molar-refractivity contribution >= 4 is 17.4 Å². The summed E-state index contributed by atoms with van der Waals surface area (Å²) in [7, 11) is 0. The summed E-state index contributed by atoms with van der Waals surface area (Å²) in [6.07, 6.45) is 0.972. The second-order valence-corrected chi connectivity index (χ2v) is 5.05. The maximum absolute atomic E-state index is 10.6. The number of thioether (sulfide) groups is 1. The summed E-state index contributed by atoms with van der Waals surface area (Å²) in [4.78, 5) is 10.2. The van der Waals surface area contributed by atoms with E-state index in [0.717, 1.165) is 17.7 Å². The summed E-state index contributed by atoms with van der Waals surface area (Å²) in [5, 5.41) is 11.1. The van der Waals surface area contributed by atoms with Crippen molar-refractivity contribution in [1.29, 1.82) is 0 Å².